The summed E-state index contributed by atoms with van der Waals surface area (Å²) in [6.45, 7) is 3.52. The van der Waals surface area contributed by atoms with Gasteiger partial charge in [0.15, 0.2) is 0 Å². The normalized spacial score (nSPS) is 11.9. The molecule has 1 unspecified atom stereocenters. The molecule has 0 spiro atoms. The van der Waals surface area contributed by atoms with Crippen molar-refractivity contribution in [3.8, 4) is 5.75 Å². The summed E-state index contributed by atoms with van der Waals surface area (Å²) < 4.78 is 22.4. The maximum Gasteiger partial charge on any atom is 0.381 e. The van der Waals surface area contributed by atoms with Crippen molar-refractivity contribution in [3.63, 3.8) is 0 Å². The molecule has 0 aromatic heterocycles. The summed E-state index contributed by atoms with van der Waals surface area (Å²) in [5.41, 5.74) is 0.768. The van der Waals surface area contributed by atoms with Crippen LogP contribution in [0.1, 0.15) is 12.5 Å². The van der Waals surface area contributed by atoms with Gasteiger partial charge in [0.25, 0.3) is 0 Å². The highest BCUT2D eigenvalue weighted by Gasteiger charge is 2.20. The van der Waals surface area contributed by atoms with E-state index in [9.17, 15) is 9.18 Å². The monoisotopic (exact) mass is 212 g/mol. The minimum absolute atomic E-state index is 0.135. The summed E-state index contributed by atoms with van der Waals surface area (Å²) >= 11 is 0. The number of hydrogen-bond donors (Lipinski definition) is 0. The first-order chi connectivity index (χ1) is 7.15. The van der Waals surface area contributed by atoms with Gasteiger partial charge in [-0.05, 0) is 25.5 Å². The number of alkyl halides is 1. The van der Waals surface area contributed by atoms with E-state index < -0.39 is 12.3 Å². The summed E-state index contributed by atoms with van der Waals surface area (Å²) in [6, 6.07) is 6.88. The Labute approximate surface area is 87.8 Å². The highest BCUT2D eigenvalue weighted by atomic mass is 19.1. The largest absolute Gasteiger partial charge is 0.461 e. The molecule has 1 atom stereocenters. The van der Waals surface area contributed by atoms with E-state index in [2.05, 4.69) is 4.74 Å². The van der Waals surface area contributed by atoms with Gasteiger partial charge >= 0.3 is 12.3 Å². The number of esters is 1. The molecule has 0 amide bonds. The summed E-state index contributed by atoms with van der Waals surface area (Å²) in [5.74, 6) is -0.654. The molecule has 0 aliphatic heterocycles. The van der Waals surface area contributed by atoms with Crippen LogP contribution >= 0.6 is 0 Å². The topological polar surface area (TPSA) is 35.5 Å². The van der Waals surface area contributed by atoms with Crippen molar-refractivity contribution < 1.29 is 18.7 Å². The fourth-order valence-corrected chi connectivity index (χ4v) is 1.06. The molecule has 3 nitrogen and oxygen atoms in total. The van der Waals surface area contributed by atoms with Crippen LogP contribution in [0.4, 0.5) is 4.39 Å². The molecule has 0 aliphatic carbocycles. The van der Waals surface area contributed by atoms with Gasteiger partial charge in [-0.1, -0.05) is 18.2 Å². The predicted molar refractivity (Wildman–Crippen MR) is 53.3 cm³/mol. The molecule has 0 heterocycles. The number of benzene rings is 1. The van der Waals surface area contributed by atoms with Crippen LogP contribution < -0.4 is 4.74 Å². The average Bonchev–Trinajstić information content (AvgIpc) is 2.21. The van der Waals surface area contributed by atoms with Crippen molar-refractivity contribution in [2.75, 3.05) is 6.61 Å². The smallest absolute Gasteiger partial charge is 0.381 e. The Morgan fingerprint density at radius 3 is 2.73 bits per heavy atom. The highest BCUT2D eigenvalue weighted by molar-refractivity contribution is 5.73. The van der Waals surface area contributed by atoms with Crippen molar-refractivity contribution in [1.82, 2.24) is 0 Å². The third-order valence-corrected chi connectivity index (χ3v) is 1.80. The number of aryl methyl sites for hydroxylation is 1. The Hall–Kier alpha value is -1.58. The lowest BCUT2D eigenvalue weighted by atomic mass is 10.2. The minimum Gasteiger partial charge on any atom is -0.461 e. The van der Waals surface area contributed by atoms with Crippen LogP contribution in [-0.2, 0) is 9.53 Å². The van der Waals surface area contributed by atoms with E-state index in [-0.39, 0.29) is 6.61 Å². The van der Waals surface area contributed by atoms with Gasteiger partial charge in [0.2, 0.25) is 0 Å². The third-order valence-electron chi connectivity index (χ3n) is 1.80. The molecule has 0 aliphatic rings. The van der Waals surface area contributed by atoms with Crippen LogP contribution in [0.2, 0.25) is 0 Å². The zero-order valence-corrected chi connectivity index (χ0v) is 8.70. The lowest BCUT2D eigenvalue weighted by molar-refractivity contribution is -0.159. The van der Waals surface area contributed by atoms with Gasteiger partial charge in [0.1, 0.15) is 5.75 Å². The molecule has 0 saturated carbocycles. The fraction of sp³-hybridized carbons (Fsp3) is 0.364. The second-order valence-electron chi connectivity index (χ2n) is 2.95. The van der Waals surface area contributed by atoms with Gasteiger partial charge in [-0.3, -0.25) is 0 Å². The Bertz CT molecular complexity index is 338. The molecule has 15 heavy (non-hydrogen) atoms. The number of rotatable bonds is 4. The molecule has 0 N–H and O–H groups in total. The molecule has 0 fully saturated rings. The molecular formula is C11H13FO3. The molecule has 0 bridgehead atoms. The van der Waals surface area contributed by atoms with Gasteiger partial charge in [-0.25, -0.2) is 4.79 Å². The molecule has 1 rings (SSSR count). The van der Waals surface area contributed by atoms with E-state index in [1.165, 1.54) is 0 Å². The quantitative estimate of drug-likeness (QED) is 0.718. The standard InChI is InChI=1S/C11H13FO3/c1-3-14-11(13)10(12)15-9-7-5-4-6-8(9)2/h4-7,10H,3H2,1-2H3. The first-order valence-electron chi connectivity index (χ1n) is 4.68. The summed E-state index contributed by atoms with van der Waals surface area (Å²) in [5, 5.41) is 0. The highest BCUT2D eigenvalue weighted by Crippen LogP contribution is 2.18. The molecule has 0 saturated heterocycles. The van der Waals surface area contributed by atoms with Gasteiger partial charge in [-0.2, -0.15) is 4.39 Å². The maximum atomic E-state index is 13.2. The molecule has 0 radical (unpaired) electrons. The van der Waals surface area contributed by atoms with Crippen molar-refractivity contribution in [1.29, 1.82) is 0 Å². The maximum absolute atomic E-state index is 13.2. The fourth-order valence-electron chi connectivity index (χ4n) is 1.06. The van der Waals surface area contributed by atoms with Crippen molar-refractivity contribution in [3.05, 3.63) is 29.8 Å². The number of para-hydroxylation sites is 1. The Morgan fingerprint density at radius 2 is 2.13 bits per heavy atom. The van der Waals surface area contributed by atoms with Crippen LogP contribution in [0.5, 0.6) is 5.75 Å². The number of ether oxygens (including phenoxy) is 2. The van der Waals surface area contributed by atoms with Crippen LogP contribution in [0.3, 0.4) is 0 Å². The van der Waals surface area contributed by atoms with E-state index in [1.807, 2.05) is 0 Å². The summed E-state index contributed by atoms with van der Waals surface area (Å²) in [6.07, 6.45) is -2.06. The zero-order valence-electron chi connectivity index (χ0n) is 8.70. The summed E-state index contributed by atoms with van der Waals surface area (Å²) in [4.78, 5) is 10.9. The molecule has 1 aromatic rings. The van der Waals surface area contributed by atoms with Crippen molar-refractivity contribution in [2.24, 2.45) is 0 Å². The Kier molecular flexibility index (Phi) is 4.09. The number of halogens is 1. The van der Waals surface area contributed by atoms with Crippen LogP contribution in [0.25, 0.3) is 0 Å². The second kappa shape index (κ2) is 5.34. The SMILES string of the molecule is CCOC(=O)C(F)Oc1ccccc1C. The number of hydrogen-bond acceptors (Lipinski definition) is 3. The average molecular weight is 212 g/mol. The zero-order chi connectivity index (χ0) is 11.3. The predicted octanol–water partition coefficient (Wildman–Crippen LogP) is 2.23. The Morgan fingerprint density at radius 1 is 1.47 bits per heavy atom. The molecule has 4 heteroatoms. The van der Waals surface area contributed by atoms with Crippen molar-refractivity contribution >= 4 is 5.97 Å². The third kappa shape index (κ3) is 3.23. The lowest BCUT2D eigenvalue weighted by Gasteiger charge is -2.11. The van der Waals surface area contributed by atoms with E-state index in [0.717, 1.165) is 5.56 Å². The first kappa shape index (κ1) is 11.5. The molecule has 82 valence electrons. The van der Waals surface area contributed by atoms with E-state index >= 15 is 0 Å². The van der Waals surface area contributed by atoms with Crippen LogP contribution in [-0.4, -0.2) is 18.9 Å². The van der Waals surface area contributed by atoms with Crippen LogP contribution in [0, 0.1) is 6.92 Å². The Balaban J connectivity index is 2.62. The minimum atomic E-state index is -2.06. The second-order valence-corrected chi connectivity index (χ2v) is 2.95. The summed E-state index contributed by atoms with van der Waals surface area (Å²) in [7, 11) is 0. The van der Waals surface area contributed by atoms with E-state index in [1.54, 1.807) is 38.1 Å². The van der Waals surface area contributed by atoms with Gasteiger partial charge in [0.05, 0.1) is 6.61 Å². The van der Waals surface area contributed by atoms with Crippen molar-refractivity contribution in [2.45, 2.75) is 20.2 Å². The van der Waals surface area contributed by atoms with Gasteiger partial charge in [-0.15, -0.1) is 0 Å². The van der Waals surface area contributed by atoms with Crippen LogP contribution in [0.15, 0.2) is 24.3 Å². The van der Waals surface area contributed by atoms with E-state index in [0.29, 0.717) is 5.75 Å². The lowest BCUT2D eigenvalue weighted by Crippen LogP contribution is -2.24. The molecular weight excluding hydrogens is 199 g/mol. The van der Waals surface area contributed by atoms with Gasteiger partial charge < -0.3 is 9.47 Å². The number of carbonyl (C=O) groups is 1. The molecule has 1 aromatic carbocycles. The van der Waals surface area contributed by atoms with Gasteiger partial charge in [0, 0.05) is 0 Å². The van der Waals surface area contributed by atoms with E-state index in [4.69, 9.17) is 4.74 Å². The first-order valence-corrected chi connectivity index (χ1v) is 4.68. The number of carbonyl (C=O) groups excluding carboxylic acids is 1.